The summed E-state index contributed by atoms with van der Waals surface area (Å²) in [6.45, 7) is 0. The SMILES string of the molecule is O=P(c1ccccc1)(c1ccccc1)c1ccc2oc3ccc(-c4ccncc4)cc3c2c1. The summed E-state index contributed by atoms with van der Waals surface area (Å²) >= 11 is 0. The smallest absolute Gasteiger partial charge is 0.171 e. The zero-order valence-corrected chi connectivity index (χ0v) is 18.7. The van der Waals surface area contributed by atoms with Gasteiger partial charge in [0.1, 0.15) is 11.2 Å². The lowest BCUT2D eigenvalue weighted by atomic mass is 10.0. The molecule has 3 nitrogen and oxygen atoms in total. The lowest BCUT2D eigenvalue weighted by Gasteiger charge is -2.20. The Morgan fingerprint density at radius 2 is 1.12 bits per heavy atom. The molecule has 0 atom stereocenters. The summed E-state index contributed by atoms with van der Waals surface area (Å²) in [5, 5.41) is 4.41. The molecule has 0 amide bonds. The van der Waals surface area contributed by atoms with E-state index in [9.17, 15) is 4.57 Å². The van der Waals surface area contributed by atoms with Crippen molar-refractivity contribution in [3.8, 4) is 11.1 Å². The fraction of sp³-hybridized carbons (Fsp3) is 0. The average Bonchev–Trinajstić information content (AvgIpc) is 3.27. The number of benzene rings is 4. The molecule has 2 aromatic heterocycles. The summed E-state index contributed by atoms with van der Waals surface area (Å²) in [5.41, 5.74) is 3.78. The second kappa shape index (κ2) is 7.88. The first-order valence-corrected chi connectivity index (χ1v) is 12.5. The monoisotopic (exact) mass is 445 g/mol. The van der Waals surface area contributed by atoms with E-state index in [2.05, 4.69) is 17.1 Å². The molecule has 0 saturated heterocycles. The summed E-state index contributed by atoms with van der Waals surface area (Å²) in [5.74, 6) is 0. The van der Waals surface area contributed by atoms with Crippen molar-refractivity contribution in [3.05, 3.63) is 122 Å². The van der Waals surface area contributed by atoms with Gasteiger partial charge in [0.05, 0.1) is 0 Å². The molecule has 0 bridgehead atoms. The highest BCUT2D eigenvalue weighted by molar-refractivity contribution is 7.85. The van der Waals surface area contributed by atoms with E-state index in [-0.39, 0.29) is 0 Å². The third-order valence-corrected chi connectivity index (χ3v) is 9.13. The predicted molar refractivity (Wildman–Crippen MR) is 136 cm³/mol. The second-order valence-electron chi connectivity index (χ2n) is 8.01. The molecule has 0 fully saturated rings. The molecule has 158 valence electrons. The van der Waals surface area contributed by atoms with Gasteiger partial charge in [0, 0.05) is 39.1 Å². The van der Waals surface area contributed by atoms with E-state index in [1.54, 1.807) is 12.4 Å². The molecular formula is C29H20NO2P. The first kappa shape index (κ1) is 19.7. The first-order valence-electron chi connectivity index (χ1n) is 10.8. The van der Waals surface area contributed by atoms with Crippen LogP contribution in [0.2, 0.25) is 0 Å². The van der Waals surface area contributed by atoms with Gasteiger partial charge in [-0.25, -0.2) is 0 Å². The van der Waals surface area contributed by atoms with Gasteiger partial charge in [0.15, 0.2) is 7.14 Å². The van der Waals surface area contributed by atoms with Crippen LogP contribution < -0.4 is 15.9 Å². The van der Waals surface area contributed by atoms with Gasteiger partial charge in [-0.2, -0.15) is 0 Å². The number of aromatic nitrogens is 1. The number of rotatable bonds is 4. The molecule has 4 heteroatoms. The molecular weight excluding hydrogens is 425 g/mol. The summed E-state index contributed by atoms with van der Waals surface area (Å²) in [6, 6.07) is 35.6. The van der Waals surface area contributed by atoms with Crippen LogP contribution in [0.3, 0.4) is 0 Å². The Labute approximate surface area is 191 Å². The lowest BCUT2D eigenvalue weighted by Crippen LogP contribution is -2.24. The Morgan fingerprint density at radius 3 is 1.76 bits per heavy atom. The maximum absolute atomic E-state index is 14.8. The minimum Gasteiger partial charge on any atom is -0.456 e. The molecule has 0 unspecified atom stereocenters. The molecule has 0 spiro atoms. The fourth-order valence-corrected chi connectivity index (χ4v) is 7.08. The molecule has 0 aliphatic carbocycles. The van der Waals surface area contributed by atoms with Gasteiger partial charge in [-0.1, -0.05) is 66.7 Å². The van der Waals surface area contributed by atoms with Crippen LogP contribution in [-0.2, 0) is 4.57 Å². The van der Waals surface area contributed by atoms with Crippen LogP contribution in [-0.4, -0.2) is 4.98 Å². The van der Waals surface area contributed by atoms with Gasteiger partial charge >= 0.3 is 0 Å². The number of fused-ring (bicyclic) bond motifs is 3. The highest BCUT2D eigenvalue weighted by Crippen LogP contribution is 2.43. The number of pyridine rings is 1. The second-order valence-corrected chi connectivity index (χ2v) is 10.8. The molecule has 4 aromatic carbocycles. The average molecular weight is 445 g/mol. The van der Waals surface area contributed by atoms with Crippen molar-refractivity contribution < 1.29 is 8.98 Å². The molecule has 6 rings (SSSR count). The highest BCUT2D eigenvalue weighted by atomic mass is 31.2. The van der Waals surface area contributed by atoms with Crippen molar-refractivity contribution in [1.82, 2.24) is 4.98 Å². The minimum atomic E-state index is -3.05. The van der Waals surface area contributed by atoms with Crippen molar-refractivity contribution in [3.63, 3.8) is 0 Å². The normalized spacial score (nSPS) is 11.8. The van der Waals surface area contributed by atoms with E-state index >= 15 is 0 Å². The molecule has 0 aliphatic heterocycles. The van der Waals surface area contributed by atoms with Gasteiger partial charge in [-0.15, -0.1) is 0 Å². The molecule has 6 aromatic rings. The van der Waals surface area contributed by atoms with Gasteiger partial charge in [0.25, 0.3) is 0 Å². The molecule has 0 aliphatic rings. The van der Waals surface area contributed by atoms with E-state index in [0.717, 1.165) is 49.0 Å². The first-order chi connectivity index (χ1) is 16.2. The van der Waals surface area contributed by atoms with Gasteiger partial charge in [-0.05, 0) is 53.6 Å². The zero-order valence-electron chi connectivity index (χ0n) is 17.8. The zero-order chi connectivity index (χ0) is 22.3. The summed E-state index contributed by atoms with van der Waals surface area (Å²) in [4.78, 5) is 4.12. The van der Waals surface area contributed by atoms with Crippen molar-refractivity contribution in [1.29, 1.82) is 0 Å². The molecule has 0 saturated carbocycles. The molecule has 33 heavy (non-hydrogen) atoms. The van der Waals surface area contributed by atoms with Crippen LogP contribution in [0.25, 0.3) is 33.1 Å². The van der Waals surface area contributed by atoms with E-state index in [0.29, 0.717) is 0 Å². The lowest BCUT2D eigenvalue weighted by molar-refractivity contribution is 0.592. The number of hydrogen-bond donors (Lipinski definition) is 0. The van der Waals surface area contributed by atoms with E-state index in [1.807, 2.05) is 97.1 Å². The molecule has 0 radical (unpaired) electrons. The van der Waals surface area contributed by atoms with Crippen LogP contribution in [0.1, 0.15) is 0 Å². The number of nitrogens with zero attached hydrogens (tertiary/aromatic N) is 1. The standard InChI is InChI=1S/C29H20NO2P/c31-33(23-7-3-1-4-8-23,24-9-5-2-6-10-24)25-12-14-29-27(20-25)26-19-22(11-13-28(26)32-29)21-15-17-30-18-16-21/h1-20H. The summed E-state index contributed by atoms with van der Waals surface area (Å²) in [6.07, 6.45) is 3.59. The Balaban J connectivity index is 1.60. The van der Waals surface area contributed by atoms with E-state index in [1.165, 1.54) is 0 Å². The largest absolute Gasteiger partial charge is 0.456 e. The molecule has 2 heterocycles. The fourth-order valence-electron chi connectivity index (χ4n) is 4.41. The topological polar surface area (TPSA) is 43.1 Å². The van der Waals surface area contributed by atoms with Gasteiger partial charge in [0.2, 0.25) is 0 Å². The van der Waals surface area contributed by atoms with Crippen LogP contribution in [0.4, 0.5) is 0 Å². The summed E-state index contributed by atoms with van der Waals surface area (Å²) < 4.78 is 20.9. The van der Waals surface area contributed by atoms with Crippen LogP contribution in [0, 0.1) is 0 Å². The highest BCUT2D eigenvalue weighted by Gasteiger charge is 2.30. The van der Waals surface area contributed by atoms with Gasteiger partial charge < -0.3 is 8.98 Å². The van der Waals surface area contributed by atoms with Crippen molar-refractivity contribution in [2.75, 3.05) is 0 Å². The quantitative estimate of drug-likeness (QED) is 0.300. The maximum Gasteiger partial charge on any atom is 0.171 e. The van der Waals surface area contributed by atoms with Crippen LogP contribution in [0.5, 0.6) is 0 Å². The predicted octanol–water partition coefficient (Wildman–Crippen LogP) is 6.29. The number of furan rings is 1. The van der Waals surface area contributed by atoms with Crippen molar-refractivity contribution in [2.45, 2.75) is 0 Å². The Bertz CT molecular complexity index is 1580. The van der Waals surface area contributed by atoms with Crippen molar-refractivity contribution >= 4 is 45.0 Å². The Morgan fingerprint density at radius 1 is 0.545 bits per heavy atom. The third-order valence-electron chi connectivity index (χ3n) is 6.07. The Kier molecular flexibility index (Phi) is 4.71. The third kappa shape index (κ3) is 3.29. The Hall–Kier alpha value is -3.94. The summed E-state index contributed by atoms with van der Waals surface area (Å²) in [7, 11) is -3.05. The minimum absolute atomic E-state index is 0.785. The van der Waals surface area contributed by atoms with E-state index < -0.39 is 7.14 Å². The van der Waals surface area contributed by atoms with Crippen molar-refractivity contribution in [2.24, 2.45) is 0 Å². The van der Waals surface area contributed by atoms with Crippen LogP contribution >= 0.6 is 7.14 Å². The maximum atomic E-state index is 14.8. The van der Waals surface area contributed by atoms with E-state index in [4.69, 9.17) is 4.42 Å². The molecule has 0 N–H and O–H groups in total. The number of hydrogen-bond acceptors (Lipinski definition) is 3. The van der Waals surface area contributed by atoms with Crippen LogP contribution in [0.15, 0.2) is 126 Å². The van der Waals surface area contributed by atoms with Gasteiger partial charge in [-0.3, -0.25) is 4.98 Å².